The summed E-state index contributed by atoms with van der Waals surface area (Å²) < 4.78 is 15.0. The molecule has 0 aliphatic heterocycles. The molecule has 1 aromatic heterocycles. The van der Waals surface area contributed by atoms with Crippen LogP contribution in [0.25, 0.3) is 10.9 Å². The van der Waals surface area contributed by atoms with Crippen molar-refractivity contribution in [1.29, 1.82) is 0 Å². The van der Waals surface area contributed by atoms with Gasteiger partial charge in [0.1, 0.15) is 11.3 Å². The van der Waals surface area contributed by atoms with Crippen LogP contribution in [0.5, 0.6) is 0 Å². The van der Waals surface area contributed by atoms with E-state index < -0.39 is 0 Å². The molecule has 2 aromatic rings. The Kier molecular flexibility index (Phi) is 2.21. The molecular formula is C10H12FN3. The lowest BCUT2D eigenvalue weighted by Gasteiger charge is -2.06. The maximum absolute atomic E-state index is 13.4. The fourth-order valence-corrected chi connectivity index (χ4v) is 1.51. The monoisotopic (exact) mass is 193 g/mol. The Morgan fingerprint density at radius 1 is 1.57 bits per heavy atom. The highest BCUT2D eigenvalue weighted by Gasteiger charge is 2.08. The van der Waals surface area contributed by atoms with Gasteiger partial charge in [-0.1, -0.05) is 12.1 Å². The SMILES string of the molecule is CC(N)Cn1ncc2cccc(F)c21. The van der Waals surface area contributed by atoms with E-state index in [0.717, 1.165) is 5.39 Å². The predicted molar refractivity (Wildman–Crippen MR) is 53.3 cm³/mol. The summed E-state index contributed by atoms with van der Waals surface area (Å²) in [5, 5.41) is 4.90. The molecule has 0 bridgehead atoms. The minimum Gasteiger partial charge on any atom is -0.326 e. The largest absolute Gasteiger partial charge is 0.326 e. The molecule has 2 N–H and O–H groups in total. The van der Waals surface area contributed by atoms with Crippen LogP contribution in [0.4, 0.5) is 4.39 Å². The number of nitrogens with two attached hydrogens (primary N) is 1. The number of para-hydroxylation sites is 1. The van der Waals surface area contributed by atoms with Crippen molar-refractivity contribution in [1.82, 2.24) is 9.78 Å². The van der Waals surface area contributed by atoms with Crippen molar-refractivity contribution in [3.63, 3.8) is 0 Å². The van der Waals surface area contributed by atoms with Crippen LogP contribution in [0.1, 0.15) is 6.92 Å². The zero-order valence-corrected chi connectivity index (χ0v) is 7.94. The van der Waals surface area contributed by atoms with Crippen LogP contribution in [-0.2, 0) is 6.54 Å². The lowest BCUT2D eigenvalue weighted by Crippen LogP contribution is -2.22. The van der Waals surface area contributed by atoms with Crippen LogP contribution in [-0.4, -0.2) is 15.8 Å². The quantitative estimate of drug-likeness (QED) is 0.785. The molecule has 0 saturated carbocycles. The third-order valence-electron chi connectivity index (χ3n) is 2.07. The van der Waals surface area contributed by atoms with Gasteiger partial charge in [0.25, 0.3) is 0 Å². The molecule has 1 heterocycles. The van der Waals surface area contributed by atoms with Crippen molar-refractivity contribution in [2.45, 2.75) is 19.5 Å². The van der Waals surface area contributed by atoms with E-state index in [1.807, 2.05) is 13.0 Å². The Morgan fingerprint density at radius 3 is 3.07 bits per heavy atom. The third-order valence-corrected chi connectivity index (χ3v) is 2.07. The molecule has 74 valence electrons. The molecule has 0 saturated heterocycles. The van der Waals surface area contributed by atoms with Crippen molar-refractivity contribution in [2.75, 3.05) is 0 Å². The summed E-state index contributed by atoms with van der Waals surface area (Å²) in [5.41, 5.74) is 6.17. The van der Waals surface area contributed by atoms with E-state index in [4.69, 9.17) is 5.73 Å². The predicted octanol–water partition coefficient (Wildman–Crippen LogP) is 1.52. The summed E-state index contributed by atoms with van der Waals surface area (Å²) in [6.07, 6.45) is 1.65. The zero-order chi connectivity index (χ0) is 10.1. The molecule has 0 aliphatic carbocycles. The van der Waals surface area contributed by atoms with Gasteiger partial charge in [0.2, 0.25) is 0 Å². The fraction of sp³-hybridized carbons (Fsp3) is 0.300. The van der Waals surface area contributed by atoms with E-state index in [1.54, 1.807) is 16.9 Å². The van der Waals surface area contributed by atoms with Crippen LogP contribution < -0.4 is 5.73 Å². The average Bonchev–Trinajstić information content (AvgIpc) is 2.49. The maximum atomic E-state index is 13.4. The Morgan fingerprint density at radius 2 is 2.36 bits per heavy atom. The van der Waals surface area contributed by atoms with E-state index in [-0.39, 0.29) is 11.9 Å². The second-order valence-corrected chi connectivity index (χ2v) is 3.48. The van der Waals surface area contributed by atoms with Gasteiger partial charge in [0.15, 0.2) is 0 Å². The molecule has 1 unspecified atom stereocenters. The molecular weight excluding hydrogens is 181 g/mol. The lowest BCUT2D eigenvalue weighted by molar-refractivity contribution is 0.540. The van der Waals surface area contributed by atoms with Gasteiger partial charge < -0.3 is 5.73 Å². The normalized spacial score (nSPS) is 13.4. The van der Waals surface area contributed by atoms with Crippen molar-refractivity contribution in [3.05, 3.63) is 30.2 Å². The van der Waals surface area contributed by atoms with Gasteiger partial charge >= 0.3 is 0 Å². The van der Waals surface area contributed by atoms with Crippen LogP contribution in [0.15, 0.2) is 24.4 Å². The van der Waals surface area contributed by atoms with E-state index in [0.29, 0.717) is 12.1 Å². The zero-order valence-electron chi connectivity index (χ0n) is 7.94. The van der Waals surface area contributed by atoms with E-state index >= 15 is 0 Å². The van der Waals surface area contributed by atoms with Gasteiger partial charge in [-0.05, 0) is 13.0 Å². The number of halogens is 1. The van der Waals surface area contributed by atoms with Gasteiger partial charge in [0.05, 0.1) is 12.7 Å². The number of fused-ring (bicyclic) bond motifs is 1. The first-order valence-electron chi connectivity index (χ1n) is 4.54. The molecule has 2 rings (SSSR count). The Bertz CT molecular complexity index is 448. The summed E-state index contributed by atoms with van der Waals surface area (Å²) in [6.45, 7) is 2.40. The first-order valence-corrected chi connectivity index (χ1v) is 4.54. The highest BCUT2D eigenvalue weighted by atomic mass is 19.1. The van der Waals surface area contributed by atoms with Gasteiger partial charge in [-0.15, -0.1) is 0 Å². The van der Waals surface area contributed by atoms with Gasteiger partial charge in [0, 0.05) is 11.4 Å². The number of hydrogen-bond acceptors (Lipinski definition) is 2. The maximum Gasteiger partial charge on any atom is 0.149 e. The summed E-state index contributed by atoms with van der Waals surface area (Å²) >= 11 is 0. The topological polar surface area (TPSA) is 43.8 Å². The van der Waals surface area contributed by atoms with E-state index in [1.165, 1.54) is 6.07 Å². The Labute approximate surface area is 81.3 Å². The van der Waals surface area contributed by atoms with E-state index in [9.17, 15) is 4.39 Å². The number of hydrogen-bond donors (Lipinski definition) is 1. The van der Waals surface area contributed by atoms with Gasteiger partial charge in [-0.2, -0.15) is 5.10 Å². The number of benzene rings is 1. The number of nitrogens with zero attached hydrogens (tertiary/aromatic N) is 2. The summed E-state index contributed by atoms with van der Waals surface area (Å²) in [7, 11) is 0. The molecule has 3 nitrogen and oxygen atoms in total. The second-order valence-electron chi connectivity index (χ2n) is 3.48. The minimum atomic E-state index is -0.249. The number of aromatic nitrogens is 2. The average molecular weight is 193 g/mol. The first kappa shape index (κ1) is 9.15. The Hall–Kier alpha value is -1.42. The second kappa shape index (κ2) is 3.38. The molecule has 0 spiro atoms. The van der Waals surface area contributed by atoms with Crippen LogP contribution in [0.3, 0.4) is 0 Å². The van der Waals surface area contributed by atoms with Crippen molar-refractivity contribution in [2.24, 2.45) is 5.73 Å². The van der Waals surface area contributed by atoms with Crippen LogP contribution >= 0.6 is 0 Å². The highest BCUT2D eigenvalue weighted by molar-refractivity contribution is 5.79. The standard InChI is InChI=1S/C10H12FN3/c1-7(12)6-14-10-8(5-13-14)3-2-4-9(10)11/h2-5,7H,6,12H2,1H3. The third kappa shape index (κ3) is 1.48. The van der Waals surface area contributed by atoms with Crippen molar-refractivity contribution in [3.8, 4) is 0 Å². The molecule has 1 atom stereocenters. The summed E-state index contributed by atoms with van der Waals surface area (Å²) in [6, 6.07) is 4.91. The van der Waals surface area contributed by atoms with Gasteiger partial charge in [-0.3, -0.25) is 4.68 Å². The summed E-state index contributed by atoms with van der Waals surface area (Å²) in [4.78, 5) is 0. The minimum absolute atomic E-state index is 0.0299. The molecule has 0 aliphatic rings. The van der Waals surface area contributed by atoms with Crippen LogP contribution in [0, 0.1) is 5.82 Å². The van der Waals surface area contributed by atoms with Gasteiger partial charge in [-0.25, -0.2) is 4.39 Å². The highest BCUT2D eigenvalue weighted by Crippen LogP contribution is 2.16. The molecule has 0 amide bonds. The molecule has 0 radical (unpaired) electrons. The molecule has 14 heavy (non-hydrogen) atoms. The lowest BCUT2D eigenvalue weighted by atomic mass is 10.2. The fourth-order valence-electron chi connectivity index (χ4n) is 1.51. The van der Waals surface area contributed by atoms with Crippen LogP contribution in [0.2, 0.25) is 0 Å². The van der Waals surface area contributed by atoms with Crippen molar-refractivity contribution < 1.29 is 4.39 Å². The Balaban J connectivity index is 2.55. The summed E-state index contributed by atoms with van der Waals surface area (Å²) in [5.74, 6) is -0.249. The smallest absolute Gasteiger partial charge is 0.149 e. The number of rotatable bonds is 2. The van der Waals surface area contributed by atoms with E-state index in [2.05, 4.69) is 5.10 Å². The molecule has 4 heteroatoms. The first-order chi connectivity index (χ1) is 6.68. The molecule has 1 aromatic carbocycles. The van der Waals surface area contributed by atoms with Crippen molar-refractivity contribution >= 4 is 10.9 Å². The molecule has 0 fully saturated rings.